The number of hydrogen-bond acceptors (Lipinski definition) is 6. The molecular formula is C25H25F3N6S. The third-order valence-electron chi connectivity index (χ3n) is 7.11. The van der Waals surface area contributed by atoms with Gasteiger partial charge >= 0.3 is 6.18 Å². The summed E-state index contributed by atoms with van der Waals surface area (Å²) in [6, 6.07) is 11.3. The van der Waals surface area contributed by atoms with Crippen LogP contribution in [-0.4, -0.2) is 50.0 Å². The Bertz CT molecular complexity index is 1250. The summed E-state index contributed by atoms with van der Waals surface area (Å²) in [4.78, 5) is 6.48. The number of halogens is 3. The highest BCUT2D eigenvalue weighted by Crippen LogP contribution is 2.64. The van der Waals surface area contributed by atoms with E-state index >= 15 is 0 Å². The molecule has 1 saturated carbocycles. The van der Waals surface area contributed by atoms with Crippen LogP contribution in [0, 0.1) is 16.7 Å². The Morgan fingerprint density at radius 3 is 2.74 bits per heavy atom. The SMILES string of the molecule is Cn1c(SCCCN2CC[C@]3(C[C@@H]3c3ccc(C(F)(F)F)cc3)C2)nnc1-c1ccnc(C#N)c1. The molecule has 6 nitrogen and oxygen atoms in total. The van der Waals surface area contributed by atoms with E-state index in [2.05, 4.69) is 20.1 Å². The van der Waals surface area contributed by atoms with Gasteiger partial charge in [-0.15, -0.1) is 10.2 Å². The minimum Gasteiger partial charge on any atom is -0.305 e. The molecule has 2 aliphatic rings. The standard InChI is InChI=1S/C25H25F3N6S/c1-33-22(18-7-9-30-20(13-18)15-29)31-32-23(33)35-12-2-10-34-11-8-24(16-34)14-21(24)17-3-5-19(6-4-17)25(26,27)28/h3-7,9,13,21H,2,8,10-12,14,16H2,1H3/t21-,24+/m1/s1. The Morgan fingerprint density at radius 1 is 1.20 bits per heavy atom. The molecule has 2 fully saturated rings. The minimum atomic E-state index is -4.28. The third-order valence-corrected chi connectivity index (χ3v) is 8.22. The molecule has 1 aliphatic heterocycles. The van der Waals surface area contributed by atoms with Crippen LogP contribution in [0.1, 0.15) is 42.0 Å². The second kappa shape index (κ2) is 9.28. The van der Waals surface area contributed by atoms with Crippen molar-refractivity contribution in [2.24, 2.45) is 12.5 Å². The predicted octanol–water partition coefficient (Wildman–Crippen LogP) is 5.13. The zero-order valence-electron chi connectivity index (χ0n) is 19.3. The van der Waals surface area contributed by atoms with E-state index in [0.717, 1.165) is 60.9 Å². The molecular weight excluding hydrogens is 473 g/mol. The number of nitriles is 1. The molecule has 2 aromatic heterocycles. The van der Waals surface area contributed by atoms with Gasteiger partial charge in [-0.2, -0.15) is 18.4 Å². The number of rotatable bonds is 7. The van der Waals surface area contributed by atoms with Crippen LogP contribution in [0.15, 0.2) is 47.8 Å². The summed E-state index contributed by atoms with van der Waals surface area (Å²) >= 11 is 1.66. The van der Waals surface area contributed by atoms with Crippen molar-refractivity contribution in [1.29, 1.82) is 5.26 Å². The Morgan fingerprint density at radius 2 is 2.00 bits per heavy atom. The first-order chi connectivity index (χ1) is 16.8. The van der Waals surface area contributed by atoms with E-state index in [1.165, 1.54) is 12.1 Å². The number of thioether (sulfide) groups is 1. The van der Waals surface area contributed by atoms with Gasteiger partial charge in [-0.05, 0) is 73.5 Å². The summed E-state index contributed by atoms with van der Waals surface area (Å²) < 4.78 is 40.4. The Kier molecular flexibility index (Phi) is 6.32. The summed E-state index contributed by atoms with van der Waals surface area (Å²) in [5, 5.41) is 18.5. The Hall–Kier alpha value is -2.90. The van der Waals surface area contributed by atoms with Gasteiger partial charge in [-0.25, -0.2) is 4.98 Å². The number of alkyl halides is 3. The minimum absolute atomic E-state index is 0.234. The van der Waals surface area contributed by atoms with Crippen LogP contribution < -0.4 is 0 Å². The smallest absolute Gasteiger partial charge is 0.305 e. The monoisotopic (exact) mass is 498 g/mol. The molecule has 10 heteroatoms. The molecule has 0 N–H and O–H groups in total. The normalized spacial score (nSPS) is 22.0. The summed E-state index contributed by atoms with van der Waals surface area (Å²) in [6.45, 7) is 3.05. The average Bonchev–Trinajstić information content (AvgIpc) is 3.19. The zero-order chi connectivity index (χ0) is 24.6. The zero-order valence-corrected chi connectivity index (χ0v) is 20.1. The molecule has 1 spiro atoms. The molecule has 0 bridgehead atoms. The topological polar surface area (TPSA) is 70.6 Å². The first-order valence-electron chi connectivity index (χ1n) is 11.6. The van der Waals surface area contributed by atoms with E-state index < -0.39 is 11.7 Å². The van der Waals surface area contributed by atoms with E-state index in [-0.39, 0.29) is 5.41 Å². The van der Waals surface area contributed by atoms with Crippen molar-refractivity contribution in [2.45, 2.75) is 36.5 Å². The van der Waals surface area contributed by atoms with E-state index in [9.17, 15) is 13.2 Å². The van der Waals surface area contributed by atoms with Gasteiger partial charge < -0.3 is 9.47 Å². The molecule has 1 saturated heterocycles. The molecule has 3 heterocycles. The fourth-order valence-corrected chi connectivity index (χ4v) is 5.96. The van der Waals surface area contributed by atoms with Gasteiger partial charge in [0.1, 0.15) is 11.8 Å². The fraction of sp³-hybridized carbons (Fsp3) is 0.440. The Balaban J connectivity index is 1.09. The van der Waals surface area contributed by atoms with Crippen molar-refractivity contribution >= 4 is 11.8 Å². The molecule has 5 rings (SSSR count). The average molecular weight is 499 g/mol. The second-order valence-electron chi connectivity index (χ2n) is 9.37. The van der Waals surface area contributed by atoms with Gasteiger partial charge in [-0.1, -0.05) is 23.9 Å². The molecule has 1 aromatic carbocycles. The van der Waals surface area contributed by atoms with E-state index in [4.69, 9.17) is 5.26 Å². The van der Waals surface area contributed by atoms with Gasteiger partial charge in [0, 0.05) is 31.1 Å². The summed E-state index contributed by atoms with van der Waals surface area (Å²) in [6.07, 6.45) is 0.499. The van der Waals surface area contributed by atoms with E-state index in [1.807, 2.05) is 23.8 Å². The van der Waals surface area contributed by atoms with E-state index in [0.29, 0.717) is 17.4 Å². The first kappa shape index (κ1) is 23.8. The van der Waals surface area contributed by atoms with Gasteiger partial charge in [0.15, 0.2) is 11.0 Å². The van der Waals surface area contributed by atoms with Crippen molar-refractivity contribution in [3.8, 4) is 17.5 Å². The molecule has 1 aliphatic carbocycles. The van der Waals surface area contributed by atoms with Gasteiger partial charge in [-0.3, -0.25) is 0 Å². The summed E-state index contributed by atoms with van der Waals surface area (Å²) in [7, 11) is 1.92. The predicted molar refractivity (Wildman–Crippen MR) is 127 cm³/mol. The lowest BCUT2D eigenvalue weighted by molar-refractivity contribution is -0.137. The third kappa shape index (κ3) is 4.93. The lowest BCUT2D eigenvalue weighted by Gasteiger charge is -2.16. The highest BCUT2D eigenvalue weighted by molar-refractivity contribution is 7.99. The number of benzene rings is 1. The molecule has 3 aromatic rings. The Labute approximate surface area is 206 Å². The van der Waals surface area contributed by atoms with Crippen molar-refractivity contribution in [3.63, 3.8) is 0 Å². The quantitative estimate of drug-likeness (QED) is 0.332. The van der Waals surface area contributed by atoms with E-state index in [1.54, 1.807) is 36.2 Å². The first-order valence-corrected chi connectivity index (χ1v) is 12.6. The summed E-state index contributed by atoms with van der Waals surface area (Å²) in [5.41, 5.74) is 1.85. The van der Waals surface area contributed by atoms with Crippen LogP contribution >= 0.6 is 11.8 Å². The van der Waals surface area contributed by atoms with Crippen LogP contribution in [0.5, 0.6) is 0 Å². The summed E-state index contributed by atoms with van der Waals surface area (Å²) in [5.74, 6) is 1.99. The van der Waals surface area contributed by atoms with Gasteiger partial charge in [0.25, 0.3) is 0 Å². The fourth-order valence-electron chi connectivity index (χ4n) is 5.12. The van der Waals surface area contributed by atoms with Crippen molar-refractivity contribution in [3.05, 3.63) is 59.4 Å². The maximum absolute atomic E-state index is 12.8. The van der Waals surface area contributed by atoms with Crippen LogP contribution in [0.25, 0.3) is 11.4 Å². The van der Waals surface area contributed by atoms with Crippen molar-refractivity contribution in [1.82, 2.24) is 24.6 Å². The number of nitrogens with zero attached hydrogens (tertiary/aromatic N) is 6. The van der Waals surface area contributed by atoms with Gasteiger partial charge in [0.2, 0.25) is 0 Å². The number of aromatic nitrogens is 4. The van der Waals surface area contributed by atoms with Crippen LogP contribution in [0.3, 0.4) is 0 Å². The molecule has 0 radical (unpaired) electrons. The molecule has 0 amide bonds. The lowest BCUT2D eigenvalue weighted by Crippen LogP contribution is -2.23. The maximum Gasteiger partial charge on any atom is 0.416 e. The number of pyridine rings is 1. The maximum atomic E-state index is 12.8. The highest BCUT2D eigenvalue weighted by Gasteiger charge is 2.57. The molecule has 35 heavy (non-hydrogen) atoms. The van der Waals surface area contributed by atoms with Crippen LogP contribution in [-0.2, 0) is 13.2 Å². The molecule has 2 atom stereocenters. The lowest BCUT2D eigenvalue weighted by atomic mass is 9.97. The highest BCUT2D eigenvalue weighted by atomic mass is 32.2. The van der Waals surface area contributed by atoms with Crippen molar-refractivity contribution in [2.75, 3.05) is 25.4 Å². The van der Waals surface area contributed by atoms with Gasteiger partial charge in [0.05, 0.1) is 5.56 Å². The molecule has 182 valence electrons. The van der Waals surface area contributed by atoms with Crippen molar-refractivity contribution < 1.29 is 13.2 Å². The number of hydrogen-bond donors (Lipinski definition) is 0. The van der Waals surface area contributed by atoms with Crippen LogP contribution in [0.2, 0.25) is 0 Å². The largest absolute Gasteiger partial charge is 0.416 e. The second-order valence-corrected chi connectivity index (χ2v) is 10.4. The molecule has 0 unspecified atom stereocenters. The van der Waals surface area contributed by atoms with Crippen LogP contribution in [0.4, 0.5) is 13.2 Å². The number of likely N-dealkylation sites (tertiary alicyclic amines) is 1.